The first kappa shape index (κ1) is 12.8. The molecule has 1 heterocycles. The number of carbonyl (C=O) groups excluding carboxylic acids is 1. The molecule has 1 aromatic carbocycles. The summed E-state index contributed by atoms with van der Waals surface area (Å²) in [6.45, 7) is 3.46. The molecule has 3 nitrogen and oxygen atoms in total. The van der Waals surface area contributed by atoms with E-state index in [0.29, 0.717) is 0 Å². The molecule has 0 N–H and O–H groups in total. The number of hydrogen-bond donors (Lipinski definition) is 0. The molecule has 0 saturated carbocycles. The zero-order valence-electron chi connectivity index (χ0n) is 11.0. The monoisotopic (exact) mass is 260 g/mol. The molecule has 1 aromatic heterocycles. The van der Waals surface area contributed by atoms with E-state index in [1.807, 2.05) is 33.2 Å². The summed E-state index contributed by atoms with van der Waals surface area (Å²) in [5.74, 6) is 0.0844. The van der Waals surface area contributed by atoms with Gasteiger partial charge in [-0.1, -0.05) is 0 Å². The van der Waals surface area contributed by atoms with Crippen LogP contribution in [0.2, 0.25) is 0 Å². The van der Waals surface area contributed by atoms with E-state index in [1.165, 1.54) is 11.3 Å². The van der Waals surface area contributed by atoms with Gasteiger partial charge in [-0.2, -0.15) is 0 Å². The number of ketones is 1. The molecule has 0 atom stereocenters. The Balaban J connectivity index is 2.37. The van der Waals surface area contributed by atoms with Gasteiger partial charge in [0.05, 0.1) is 10.6 Å². The van der Waals surface area contributed by atoms with E-state index in [-0.39, 0.29) is 5.78 Å². The third-order valence-electron chi connectivity index (χ3n) is 2.75. The van der Waals surface area contributed by atoms with E-state index in [0.717, 1.165) is 26.8 Å². The number of Topliss-reactive ketones (excluding diaryl/α,β-unsaturated/α-hetero) is 1. The van der Waals surface area contributed by atoms with Crippen LogP contribution < -0.4 is 4.90 Å². The van der Waals surface area contributed by atoms with E-state index < -0.39 is 0 Å². The maximum atomic E-state index is 11.4. The first-order valence-electron chi connectivity index (χ1n) is 5.75. The highest BCUT2D eigenvalue weighted by Gasteiger charge is 2.12. The van der Waals surface area contributed by atoms with Gasteiger partial charge in [0.1, 0.15) is 5.01 Å². The number of aryl methyl sites for hydroxylation is 1. The van der Waals surface area contributed by atoms with Gasteiger partial charge in [0.25, 0.3) is 0 Å². The molecule has 2 rings (SSSR count). The lowest BCUT2D eigenvalue weighted by molar-refractivity contribution is 0.102. The Kier molecular flexibility index (Phi) is 3.48. The quantitative estimate of drug-likeness (QED) is 0.793. The zero-order chi connectivity index (χ0) is 13.3. The number of rotatable bonds is 3. The molecule has 0 spiro atoms. The van der Waals surface area contributed by atoms with Crippen LogP contribution in [0.3, 0.4) is 0 Å². The fourth-order valence-electron chi connectivity index (χ4n) is 1.75. The molecule has 0 aliphatic rings. The lowest BCUT2D eigenvalue weighted by Crippen LogP contribution is -2.07. The average Bonchev–Trinajstić information content (AvgIpc) is 2.71. The molecule has 94 valence electrons. The minimum atomic E-state index is 0.0844. The van der Waals surface area contributed by atoms with Gasteiger partial charge in [0, 0.05) is 32.3 Å². The van der Waals surface area contributed by atoms with E-state index in [2.05, 4.69) is 22.0 Å². The first-order valence-corrected chi connectivity index (χ1v) is 6.57. The van der Waals surface area contributed by atoms with Crippen molar-refractivity contribution in [1.82, 2.24) is 4.98 Å². The Hall–Kier alpha value is -1.68. The number of anilines is 1. The summed E-state index contributed by atoms with van der Waals surface area (Å²) < 4.78 is 0. The van der Waals surface area contributed by atoms with Crippen molar-refractivity contribution in [2.24, 2.45) is 0 Å². The van der Waals surface area contributed by atoms with Crippen molar-refractivity contribution in [2.45, 2.75) is 13.8 Å². The summed E-state index contributed by atoms with van der Waals surface area (Å²) in [7, 11) is 4.02. The molecule has 0 fully saturated rings. The van der Waals surface area contributed by atoms with Gasteiger partial charge in [0.2, 0.25) is 0 Å². The normalized spacial score (nSPS) is 10.4. The number of aromatic nitrogens is 1. The zero-order valence-corrected chi connectivity index (χ0v) is 11.8. The third kappa shape index (κ3) is 2.43. The average molecular weight is 260 g/mol. The van der Waals surface area contributed by atoms with Crippen LogP contribution >= 0.6 is 11.3 Å². The molecule has 0 radical (unpaired) electrons. The van der Waals surface area contributed by atoms with Crippen molar-refractivity contribution in [1.29, 1.82) is 0 Å². The Labute approximate surface area is 111 Å². The Bertz CT molecular complexity index is 570. The summed E-state index contributed by atoms with van der Waals surface area (Å²) in [4.78, 5) is 18.7. The lowest BCUT2D eigenvalue weighted by atomic mass is 10.2. The lowest BCUT2D eigenvalue weighted by Gasteiger charge is -2.11. The highest BCUT2D eigenvalue weighted by Crippen LogP contribution is 2.29. The van der Waals surface area contributed by atoms with Crippen LogP contribution in [0, 0.1) is 6.92 Å². The summed E-state index contributed by atoms with van der Waals surface area (Å²) in [6, 6.07) is 8.19. The summed E-state index contributed by atoms with van der Waals surface area (Å²) >= 11 is 1.46. The van der Waals surface area contributed by atoms with Crippen LogP contribution in [-0.2, 0) is 0 Å². The van der Waals surface area contributed by atoms with Gasteiger partial charge in [0.15, 0.2) is 5.78 Å². The fraction of sp³-hybridized carbons (Fsp3) is 0.286. The van der Waals surface area contributed by atoms with Crippen LogP contribution in [0.25, 0.3) is 10.6 Å². The van der Waals surface area contributed by atoms with Gasteiger partial charge < -0.3 is 4.90 Å². The SMILES string of the molecule is CC(=O)c1sc(-c2ccc(N(C)C)cc2)nc1C. The highest BCUT2D eigenvalue weighted by atomic mass is 32.1. The van der Waals surface area contributed by atoms with Crippen molar-refractivity contribution in [3.63, 3.8) is 0 Å². The van der Waals surface area contributed by atoms with Crippen molar-refractivity contribution >= 4 is 22.8 Å². The minimum absolute atomic E-state index is 0.0844. The number of thiazole rings is 1. The van der Waals surface area contributed by atoms with Crippen LogP contribution in [0.15, 0.2) is 24.3 Å². The van der Waals surface area contributed by atoms with Gasteiger partial charge >= 0.3 is 0 Å². The molecule has 4 heteroatoms. The van der Waals surface area contributed by atoms with Gasteiger partial charge in [-0.15, -0.1) is 11.3 Å². The summed E-state index contributed by atoms with van der Waals surface area (Å²) in [6.07, 6.45) is 0. The molecule has 0 aliphatic heterocycles. The Morgan fingerprint density at radius 3 is 2.28 bits per heavy atom. The van der Waals surface area contributed by atoms with E-state index in [1.54, 1.807) is 6.92 Å². The fourth-order valence-corrected chi connectivity index (χ4v) is 2.72. The van der Waals surface area contributed by atoms with Crippen molar-refractivity contribution < 1.29 is 4.79 Å². The van der Waals surface area contributed by atoms with Gasteiger partial charge in [-0.25, -0.2) is 4.98 Å². The number of carbonyl (C=O) groups is 1. The standard InChI is InChI=1S/C14H16N2OS/c1-9-13(10(2)17)18-14(15-9)11-5-7-12(8-6-11)16(3)4/h5-8H,1-4H3. The van der Waals surface area contributed by atoms with E-state index in [4.69, 9.17) is 0 Å². The van der Waals surface area contributed by atoms with Crippen molar-refractivity contribution in [3.05, 3.63) is 34.8 Å². The number of hydrogen-bond acceptors (Lipinski definition) is 4. The second-order valence-corrected chi connectivity index (χ2v) is 5.43. The molecule has 0 bridgehead atoms. The Morgan fingerprint density at radius 1 is 1.22 bits per heavy atom. The maximum Gasteiger partial charge on any atom is 0.171 e. The second-order valence-electron chi connectivity index (χ2n) is 4.43. The van der Waals surface area contributed by atoms with Crippen molar-refractivity contribution in [2.75, 3.05) is 19.0 Å². The molecule has 0 unspecified atom stereocenters. The number of nitrogens with zero attached hydrogens (tertiary/aromatic N) is 2. The summed E-state index contributed by atoms with van der Waals surface area (Å²) in [5.41, 5.74) is 3.03. The maximum absolute atomic E-state index is 11.4. The van der Waals surface area contributed by atoms with E-state index >= 15 is 0 Å². The second kappa shape index (κ2) is 4.90. The predicted octanol–water partition coefficient (Wildman–Crippen LogP) is 3.39. The molecule has 0 saturated heterocycles. The predicted molar refractivity (Wildman–Crippen MR) is 76.6 cm³/mol. The largest absolute Gasteiger partial charge is 0.378 e. The molecule has 2 aromatic rings. The molecular weight excluding hydrogens is 244 g/mol. The first-order chi connectivity index (χ1) is 8.49. The highest BCUT2D eigenvalue weighted by molar-refractivity contribution is 7.17. The summed E-state index contributed by atoms with van der Waals surface area (Å²) in [5, 5.41) is 0.906. The van der Waals surface area contributed by atoms with Crippen molar-refractivity contribution in [3.8, 4) is 10.6 Å². The van der Waals surface area contributed by atoms with Crippen LogP contribution in [-0.4, -0.2) is 24.9 Å². The minimum Gasteiger partial charge on any atom is -0.378 e. The number of benzene rings is 1. The van der Waals surface area contributed by atoms with E-state index in [9.17, 15) is 4.79 Å². The van der Waals surface area contributed by atoms with Crippen LogP contribution in [0.4, 0.5) is 5.69 Å². The van der Waals surface area contributed by atoms with Gasteiger partial charge in [-0.3, -0.25) is 4.79 Å². The topological polar surface area (TPSA) is 33.2 Å². The molecule has 18 heavy (non-hydrogen) atoms. The molecular formula is C14H16N2OS. The van der Waals surface area contributed by atoms with Gasteiger partial charge in [-0.05, 0) is 31.2 Å². The molecule has 0 amide bonds. The smallest absolute Gasteiger partial charge is 0.171 e. The third-order valence-corrected chi connectivity index (χ3v) is 4.05. The Morgan fingerprint density at radius 2 is 1.83 bits per heavy atom. The molecule has 0 aliphatic carbocycles. The van der Waals surface area contributed by atoms with Crippen LogP contribution in [0.1, 0.15) is 22.3 Å². The van der Waals surface area contributed by atoms with Crippen LogP contribution in [0.5, 0.6) is 0 Å².